The molecule has 0 saturated heterocycles. The maximum atomic E-state index is 13.3. The summed E-state index contributed by atoms with van der Waals surface area (Å²) >= 11 is 6.14. The van der Waals surface area contributed by atoms with E-state index >= 15 is 0 Å². The number of hydrogen-bond acceptors (Lipinski definition) is 5. The van der Waals surface area contributed by atoms with E-state index in [1.54, 1.807) is 12.1 Å². The highest BCUT2D eigenvalue weighted by atomic mass is 35.5. The molecule has 0 unspecified atom stereocenters. The minimum atomic E-state index is -4.83. The molecule has 0 heterocycles. The Labute approximate surface area is 267 Å². The molecule has 5 aromatic carbocycles. The van der Waals surface area contributed by atoms with Crippen LogP contribution in [-0.2, 0) is 11.2 Å². The zero-order chi connectivity index (χ0) is 32.7. The summed E-state index contributed by atoms with van der Waals surface area (Å²) in [5.41, 5.74) is 3.04. The van der Waals surface area contributed by atoms with Crippen molar-refractivity contribution >= 4 is 34.9 Å². The van der Waals surface area contributed by atoms with Crippen molar-refractivity contribution in [3.8, 4) is 28.4 Å². The molecule has 11 heteroatoms. The Morgan fingerprint density at radius 1 is 0.804 bits per heavy atom. The highest BCUT2D eigenvalue weighted by Gasteiger charge is 2.31. The summed E-state index contributed by atoms with van der Waals surface area (Å²) in [5, 5.41) is 15.7. The van der Waals surface area contributed by atoms with Gasteiger partial charge in [-0.05, 0) is 71.8 Å². The summed E-state index contributed by atoms with van der Waals surface area (Å²) in [5.74, 6) is -1.00. The third-order valence-corrected chi connectivity index (χ3v) is 6.99. The van der Waals surface area contributed by atoms with Crippen molar-refractivity contribution in [3.63, 3.8) is 0 Å². The monoisotopic (exact) mass is 646 g/mol. The summed E-state index contributed by atoms with van der Waals surface area (Å²) < 4.78 is 47.4. The van der Waals surface area contributed by atoms with Gasteiger partial charge in [-0.15, -0.1) is 13.2 Å². The van der Waals surface area contributed by atoms with Crippen LogP contribution in [0.15, 0.2) is 121 Å². The Bertz CT molecular complexity index is 1820. The molecule has 234 valence electrons. The summed E-state index contributed by atoms with van der Waals surface area (Å²) in [6.07, 6.45) is -4.84. The van der Waals surface area contributed by atoms with Crippen molar-refractivity contribution in [2.45, 2.75) is 18.8 Å². The number of carboxylic acid groups (broad SMARTS) is 1. The molecule has 5 rings (SSSR count). The van der Waals surface area contributed by atoms with Gasteiger partial charge in [-0.25, -0.2) is 4.79 Å². The van der Waals surface area contributed by atoms with Gasteiger partial charge in [0, 0.05) is 22.7 Å². The highest BCUT2D eigenvalue weighted by Crippen LogP contribution is 2.33. The van der Waals surface area contributed by atoms with Crippen molar-refractivity contribution in [2.75, 3.05) is 5.32 Å². The number of amides is 1. The molecule has 0 aliphatic carbocycles. The third kappa shape index (κ3) is 8.58. The summed E-state index contributed by atoms with van der Waals surface area (Å²) in [6, 6.07) is 32.2. The van der Waals surface area contributed by atoms with E-state index in [1.807, 2.05) is 66.7 Å². The van der Waals surface area contributed by atoms with Crippen molar-refractivity contribution in [2.24, 2.45) is 0 Å². The number of alkyl halides is 3. The number of ether oxygens (including phenoxy) is 2. The van der Waals surface area contributed by atoms with Crippen LogP contribution in [0.3, 0.4) is 0 Å². The molecule has 0 radical (unpaired) electrons. The van der Waals surface area contributed by atoms with Crippen LogP contribution in [0.5, 0.6) is 17.2 Å². The van der Waals surface area contributed by atoms with Gasteiger partial charge in [0.1, 0.15) is 23.3 Å². The largest absolute Gasteiger partial charge is 0.573 e. The number of hydrogen-bond donors (Lipinski definition) is 3. The van der Waals surface area contributed by atoms with Crippen LogP contribution in [-0.4, -0.2) is 29.4 Å². The molecule has 3 N–H and O–H groups in total. The van der Waals surface area contributed by atoms with Gasteiger partial charge >= 0.3 is 12.3 Å². The fourth-order valence-corrected chi connectivity index (χ4v) is 4.78. The van der Waals surface area contributed by atoms with Gasteiger partial charge in [-0.3, -0.25) is 4.79 Å². The van der Waals surface area contributed by atoms with E-state index in [0.29, 0.717) is 22.7 Å². The fourth-order valence-electron chi connectivity index (χ4n) is 4.61. The Balaban J connectivity index is 1.29. The molecule has 0 aromatic heterocycles. The molecule has 1 amide bonds. The van der Waals surface area contributed by atoms with Crippen molar-refractivity contribution in [1.29, 1.82) is 0 Å². The fraction of sp³-hybridized carbons (Fsp3) is 0.0857. The number of carboxylic acids is 1. The normalized spacial score (nSPS) is 11.7. The molecular formula is C35H26ClF3N2O5. The lowest BCUT2D eigenvalue weighted by atomic mass is 9.99. The Hall–Kier alpha value is -5.48. The molecule has 46 heavy (non-hydrogen) atoms. The van der Waals surface area contributed by atoms with Crippen LogP contribution in [0, 0.1) is 0 Å². The first-order chi connectivity index (χ1) is 22.0. The number of benzene rings is 5. The molecular weight excluding hydrogens is 621 g/mol. The molecule has 7 nitrogen and oxygen atoms in total. The van der Waals surface area contributed by atoms with Gasteiger partial charge in [0.25, 0.3) is 5.91 Å². The van der Waals surface area contributed by atoms with E-state index in [-0.39, 0.29) is 22.7 Å². The highest BCUT2D eigenvalue weighted by molar-refractivity contribution is 6.31. The van der Waals surface area contributed by atoms with Gasteiger partial charge in [0.2, 0.25) is 0 Å². The Morgan fingerprint density at radius 3 is 2.15 bits per heavy atom. The molecule has 0 spiro atoms. The summed E-state index contributed by atoms with van der Waals surface area (Å²) in [7, 11) is 0. The average Bonchev–Trinajstić information content (AvgIpc) is 3.03. The third-order valence-electron chi connectivity index (χ3n) is 6.76. The molecule has 1 atom stereocenters. The van der Waals surface area contributed by atoms with Gasteiger partial charge in [-0.2, -0.15) is 0 Å². The first kappa shape index (κ1) is 31.9. The van der Waals surface area contributed by atoms with E-state index in [4.69, 9.17) is 16.3 Å². The van der Waals surface area contributed by atoms with Gasteiger partial charge < -0.3 is 25.2 Å². The molecule has 0 aliphatic rings. The summed E-state index contributed by atoms with van der Waals surface area (Å²) in [4.78, 5) is 25.5. The molecule has 5 aromatic rings. The van der Waals surface area contributed by atoms with Gasteiger partial charge in [0.05, 0.1) is 11.3 Å². The maximum Gasteiger partial charge on any atom is 0.573 e. The first-order valence-corrected chi connectivity index (χ1v) is 14.3. The molecule has 0 saturated carbocycles. The van der Waals surface area contributed by atoms with Crippen molar-refractivity contribution in [1.82, 2.24) is 5.32 Å². The minimum Gasteiger partial charge on any atom is -0.480 e. The average molecular weight is 647 g/mol. The predicted molar refractivity (Wildman–Crippen MR) is 169 cm³/mol. The van der Waals surface area contributed by atoms with Crippen LogP contribution in [0.25, 0.3) is 11.1 Å². The van der Waals surface area contributed by atoms with Crippen LogP contribution in [0.1, 0.15) is 15.9 Å². The number of aliphatic carboxylic acids is 1. The van der Waals surface area contributed by atoms with E-state index in [1.165, 1.54) is 30.3 Å². The number of halogens is 4. The van der Waals surface area contributed by atoms with E-state index in [0.717, 1.165) is 23.3 Å². The number of anilines is 2. The topological polar surface area (TPSA) is 96.9 Å². The molecule has 0 bridgehead atoms. The maximum absolute atomic E-state index is 13.3. The van der Waals surface area contributed by atoms with E-state index in [2.05, 4.69) is 15.4 Å². The number of rotatable bonds is 11. The second kappa shape index (κ2) is 14.1. The van der Waals surface area contributed by atoms with Crippen LogP contribution in [0.4, 0.5) is 24.5 Å². The SMILES string of the molecule is O=C(N[C@@H](Cc1ccc(-c2ccccc2Oc2ccccc2)cc1)C(=O)O)c1cc(Cl)ccc1Nc1ccc(OC(F)(F)F)cc1. The van der Waals surface area contributed by atoms with Crippen molar-refractivity contribution < 1.29 is 37.3 Å². The lowest BCUT2D eigenvalue weighted by Crippen LogP contribution is -2.42. The lowest BCUT2D eigenvalue weighted by Gasteiger charge is -2.18. The number of nitrogens with one attached hydrogen (secondary N) is 2. The zero-order valence-electron chi connectivity index (χ0n) is 23.9. The second-order valence-corrected chi connectivity index (χ2v) is 10.5. The number of carbonyl (C=O) groups excluding carboxylic acids is 1. The van der Waals surface area contributed by atoms with E-state index < -0.39 is 30.0 Å². The van der Waals surface area contributed by atoms with Crippen LogP contribution >= 0.6 is 11.6 Å². The van der Waals surface area contributed by atoms with Crippen LogP contribution < -0.4 is 20.1 Å². The smallest absolute Gasteiger partial charge is 0.480 e. The lowest BCUT2D eigenvalue weighted by molar-refractivity contribution is -0.274. The second-order valence-electron chi connectivity index (χ2n) is 10.1. The van der Waals surface area contributed by atoms with Crippen molar-refractivity contribution in [3.05, 3.63) is 137 Å². The first-order valence-electron chi connectivity index (χ1n) is 13.9. The zero-order valence-corrected chi connectivity index (χ0v) is 24.7. The molecule has 0 fully saturated rings. The number of carbonyl (C=O) groups is 2. The summed E-state index contributed by atoms with van der Waals surface area (Å²) in [6.45, 7) is 0. The van der Waals surface area contributed by atoms with Gasteiger partial charge in [-0.1, -0.05) is 72.3 Å². The van der Waals surface area contributed by atoms with E-state index in [9.17, 15) is 27.9 Å². The minimum absolute atomic E-state index is 0.00644. The quantitative estimate of drug-likeness (QED) is 0.133. The predicted octanol–water partition coefficient (Wildman–Crippen LogP) is 8.87. The standard InChI is InChI=1S/C35H26ClF3N2O5/c36-24-14-19-30(40-25-15-17-27(18-16-25)46-35(37,38)39)29(21-24)33(42)41-31(34(43)44)20-22-10-12-23(13-11-22)28-8-4-5-9-32(28)45-26-6-2-1-3-7-26/h1-19,21,31,40H,20H2,(H,41,42)(H,43,44)/t31-/m0/s1. The number of para-hydroxylation sites is 2. The Kier molecular flexibility index (Phi) is 9.78. The van der Waals surface area contributed by atoms with Crippen LogP contribution in [0.2, 0.25) is 5.02 Å². The Morgan fingerprint density at radius 2 is 1.48 bits per heavy atom. The molecule has 0 aliphatic heterocycles. The van der Waals surface area contributed by atoms with Gasteiger partial charge in [0.15, 0.2) is 0 Å².